The van der Waals surface area contributed by atoms with Crippen LogP contribution in [-0.4, -0.2) is 61.8 Å². The van der Waals surface area contributed by atoms with Gasteiger partial charge in [-0.15, -0.1) is 0 Å². The Morgan fingerprint density at radius 1 is 1.23 bits per heavy atom. The lowest BCUT2D eigenvalue weighted by Gasteiger charge is -2.36. The summed E-state index contributed by atoms with van der Waals surface area (Å²) in [6, 6.07) is 8.92. The summed E-state index contributed by atoms with van der Waals surface area (Å²) in [6.45, 7) is 3.33. The number of aromatic amines is 1. The van der Waals surface area contributed by atoms with Crippen molar-refractivity contribution >= 4 is 5.69 Å². The monoisotopic (exact) mass is 358 g/mol. The van der Waals surface area contributed by atoms with Gasteiger partial charge in [0.25, 0.3) is 0 Å². The summed E-state index contributed by atoms with van der Waals surface area (Å²) in [4.78, 5) is 2.40. The number of methoxy groups -OCH3 is 1. The number of para-hydroxylation sites is 2. The maximum Gasteiger partial charge on any atom is 0.157 e. The second kappa shape index (κ2) is 7.97. The minimum absolute atomic E-state index is 0.0276. The number of piperidine rings is 1. The number of nitrogens with zero attached hydrogens (tertiary/aromatic N) is 2. The van der Waals surface area contributed by atoms with Gasteiger partial charge in [-0.3, -0.25) is 5.10 Å². The molecule has 4 rings (SSSR count). The topological polar surface area (TPSA) is 71.6 Å². The highest BCUT2D eigenvalue weighted by Gasteiger charge is 2.33. The molecule has 7 nitrogen and oxygen atoms in total. The Morgan fingerprint density at radius 3 is 2.85 bits per heavy atom. The second-order valence-electron chi connectivity index (χ2n) is 6.83. The van der Waals surface area contributed by atoms with Crippen LogP contribution in [-0.2, 0) is 4.74 Å². The van der Waals surface area contributed by atoms with Crippen LogP contribution < -0.4 is 19.7 Å². The Kier molecular flexibility index (Phi) is 5.26. The van der Waals surface area contributed by atoms with E-state index < -0.39 is 0 Å². The summed E-state index contributed by atoms with van der Waals surface area (Å²) < 4.78 is 17.1. The third-order valence-electron chi connectivity index (χ3n) is 5.16. The molecule has 0 spiro atoms. The van der Waals surface area contributed by atoms with E-state index in [0.717, 1.165) is 37.4 Å². The quantitative estimate of drug-likeness (QED) is 0.821. The molecule has 2 aromatic rings. The number of aromatic nitrogens is 2. The van der Waals surface area contributed by atoms with Gasteiger partial charge in [-0.25, -0.2) is 0 Å². The second-order valence-corrected chi connectivity index (χ2v) is 6.83. The van der Waals surface area contributed by atoms with Crippen LogP contribution >= 0.6 is 0 Å². The molecular formula is C19H26N4O3. The fraction of sp³-hybridized carbons (Fsp3) is 0.526. The van der Waals surface area contributed by atoms with Crippen molar-refractivity contribution in [3.05, 3.63) is 36.7 Å². The van der Waals surface area contributed by atoms with Crippen molar-refractivity contribution in [2.45, 2.75) is 31.0 Å². The largest absolute Gasteiger partial charge is 0.495 e. The van der Waals surface area contributed by atoms with Crippen LogP contribution in [0, 0.1) is 0 Å². The minimum Gasteiger partial charge on any atom is -0.495 e. The standard InChI is InChI=1S/C19H26N4O3/c1-24-18-5-3-2-4-17(18)23-8-6-14(7-9-23)22-16-12-25-13-19(16)26-15-10-20-21-11-15/h2-5,10-11,14,16,19,22H,6-9,12-13H2,1H3,(H,20,21)/t16-,19+/m0/s1. The van der Waals surface area contributed by atoms with E-state index in [-0.39, 0.29) is 12.1 Å². The fourth-order valence-corrected chi connectivity index (χ4v) is 3.77. The van der Waals surface area contributed by atoms with Gasteiger partial charge >= 0.3 is 0 Å². The SMILES string of the molecule is COc1ccccc1N1CCC(N[C@H]2COC[C@H]2Oc2cn[nH]c2)CC1. The fourth-order valence-electron chi connectivity index (χ4n) is 3.77. The highest BCUT2D eigenvalue weighted by molar-refractivity contribution is 5.58. The van der Waals surface area contributed by atoms with Crippen LogP contribution in [0.2, 0.25) is 0 Å². The molecule has 2 aliphatic heterocycles. The summed E-state index contributed by atoms with van der Waals surface area (Å²) in [5.74, 6) is 1.70. The number of hydrogen-bond donors (Lipinski definition) is 2. The third kappa shape index (κ3) is 3.78. The molecule has 2 fully saturated rings. The van der Waals surface area contributed by atoms with Gasteiger partial charge in [0, 0.05) is 19.1 Å². The molecule has 0 aliphatic carbocycles. The predicted molar refractivity (Wildman–Crippen MR) is 99.0 cm³/mol. The number of benzene rings is 1. The van der Waals surface area contributed by atoms with Gasteiger partial charge in [-0.05, 0) is 25.0 Å². The summed E-state index contributed by atoms with van der Waals surface area (Å²) in [5, 5.41) is 10.4. The molecule has 2 atom stereocenters. The molecule has 26 heavy (non-hydrogen) atoms. The van der Waals surface area contributed by atoms with Crippen LogP contribution in [0.4, 0.5) is 5.69 Å². The van der Waals surface area contributed by atoms with Crippen LogP contribution in [0.15, 0.2) is 36.7 Å². The molecule has 2 aliphatic rings. The summed E-state index contributed by atoms with van der Waals surface area (Å²) in [5.41, 5.74) is 1.18. The number of anilines is 1. The Bertz CT molecular complexity index is 686. The predicted octanol–water partition coefficient (Wildman–Crippen LogP) is 1.82. The summed E-state index contributed by atoms with van der Waals surface area (Å²) >= 11 is 0. The molecule has 0 amide bonds. The Labute approximate surface area is 153 Å². The van der Waals surface area contributed by atoms with Gasteiger partial charge < -0.3 is 24.4 Å². The average Bonchev–Trinajstić information content (AvgIpc) is 3.35. The van der Waals surface area contributed by atoms with Gasteiger partial charge in [0.05, 0.1) is 44.4 Å². The van der Waals surface area contributed by atoms with Crippen molar-refractivity contribution in [2.24, 2.45) is 0 Å². The highest BCUT2D eigenvalue weighted by atomic mass is 16.5. The van der Waals surface area contributed by atoms with Crippen LogP contribution in [0.5, 0.6) is 11.5 Å². The van der Waals surface area contributed by atoms with Gasteiger partial charge in [0.1, 0.15) is 11.9 Å². The van der Waals surface area contributed by atoms with E-state index in [1.165, 1.54) is 5.69 Å². The molecule has 2 saturated heterocycles. The Hall–Kier alpha value is -2.25. The molecule has 3 heterocycles. The first-order chi connectivity index (χ1) is 12.8. The molecule has 0 unspecified atom stereocenters. The Morgan fingerprint density at radius 2 is 2.08 bits per heavy atom. The summed E-state index contributed by atoms with van der Waals surface area (Å²) in [7, 11) is 1.73. The lowest BCUT2D eigenvalue weighted by Crippen LogP contribution is -2.51. The third-order valence-corrected chi connectivity index (χ3v) is 5.16. The van der Waals surface area contributed by atoms with E-state index in [2.05, 4.69) is 32.5 Å². The zero-order valence-electron chi connectivity index (χ0n) is 15.1. The van der Waals surface area contributed by atoms with E-state index >= 15 is 0 Å². The lowest BCUT2D eigenvalue weighted by atomic mass is 10.0. The van der Waals surface area contributed by atoms with Crippen molar-refractivity contribution in [2.75, 3.05) is 38.3 Å². The minimum atomic E-state index is 0.0276. The van der Waals surface area contributed by atoms with Crippen molar-refractivity contribution in [1.29, 1.82) is 0 Å². The normalized spacial score (nSPS) is 24.0. The smallest absolute Gasteiger partial charge is 0.157 e. The zero-order chi connectivity index (χ0) is 17.8. The first-order valence-electron chi connectivity index (χ1n) is 9.20. The van der Waals surface area contributed by atoms with Crippen molar-refractivity contribution in [3.8, 4) is 11.5 Å². The number of rotatable bonds is 6. The first-order valence-corrected chi connectivity index (χ1v) is 9.20. The van der Waals surface area contributed by atoms with Crippen LogP contribution in [0.1, 0.15) is 12.8 Å². The molecule has 140 valence electrons. The van der Waals surface area contributed by atoms with Crippen LogP contribution in [0.3, 0.4) is 0 Å². The first kappa shape index (κ1) is 17.2. The molecule has 7 heteroatoms. The van der Waals surface area contributed by atoms with Gasteiger partial charge in [-0.2, -0.15) is 5.10 Å². The number of ether oxygens (including phenoxy) is 3. The molecule has 2 N–H and O–H groups in total. The van der Waals surface area contributed by atoms with Crippen LogP contribution in [0.25, 0.3) is 0 Å². The maximum atomic E-state index is 5.98. The summed E-state index contributed by atoms with van der Waals surface area (Å²) in [6.07, 6.45) is 5.67. The average molecular weight is 358 g/mol. The van der Waals surface area contributed by atoms with E-state index in [9.17, 15) is 0 Å². The van der Waals surface area contributed by atoms with Crippen molar-refractivity contribution in [1.82, 2.24) is 15.5 Å². The van der Waals surface area contributed by atoms with E-state index in [1.807, 2.05) is 12.1 Å². The van der Waals surface area contributed by atoms with Gasteiger partial charge in [0.15, 0.2) is 5.75 Å². The lowest BCUT2D eigenvalue weighted by molar-refractivity contribution is 0.138. The number of H-pyrrole nitrogens is 1. The zero-order valence-corrected chi connectivity index (χ0v) is 15.1. The molecule has 1 aromatic carbocycles. The highest BCUT2D eigenvalue weighted by Crippen LogP contribution is 2.30. The van der Waals surface area contributed by atoms with E-state index in [1.54, 1.807) is 19.5 Å². The van der Waals surface area contributed by atoms with Gasteiger partial charge in [-0.1, -0.05) is 12.1 Å². The number of hydrogen-bond acceptors (Lipinski definition) is 6. The van der Waals surface area contributed by atoms with Crippen molar-refractivity contribution < 1.29 is 14.2 Å². The van der Waals surface area contributed by atoms with E-state index in [4.69, 9.17) is 14.2 Å². The molecule has 0 radical (unpaired) electrons. The maximum absolute atomic E-state index is 5.98. The Balaban J connectivity index is 1.31. The molecular weight excluding hydrogens is 332 g/mol. The van der Waals surface area contributed by atoms with Gasteiger partial charge in [0.2, 0.25) is 0 Å². The number of nitrogens with one attached hydrogen (secondary N) is 2. The molecule has 0 bridgehead atoms. The van der Waals surface area contributed by atoms with Crippen molar-refractivity contribution in [3.63, 3.8) is 0 Å². The van der Waals surface area contributed by atoms with E-state index in [0.29, 0.717) is 19.3 Å². The molecule has 1 aromatic heterocycles. The molecule has 0 saturated carbocycles.